The Kier molecular flexibility index (Phi) is 4.16. The molecule has 2 aliphatic carbocycles. The standard InChI is InChI=1S/C21H20N2O7/c1-7-8-4-3-5-11(24)12(8)16(25)13-9(7)6-10-15(23-2)17(26)14(20(22)29)19(28)21(10,30)18(13)27/h3-5,10,15,23-25,28,30H,6H2,1-2H3,(H2,22,29)/t10-,15-,21-/m0/s1. The van der Waals surface area contributed by atoms with E-state index in [1.54, 1.807) is 19.1 Å². The van der Waals surface area contributed by atoms with Crippen molar-refractivity contribution in [3.05, 3.63) is 46.2 Å². The van der Waals surface area contributed by atoms with Gasteiger partial charge in [-0.1, -0.05) is 17.9 Å². The molecule has 4 rings (SSSR count). The minimum absolute atomic E-state index is 0.0150. The van der Waals surface area contributed by atoms with E-state index >= 15 is 0 Å². The molecule has 0 bridgehead atoms. The number of aliphatic hydroxyl groups is 1. The lowest BCUT2D eigenvalue weighted by Gasteiger charge is -2.48. The predicted molar refractivity (Wildman–Crippen MR) is 101 cm³/mol. The maximum absolute atomic E-state index is 13.4. The Balaban J connectivity index is 2.10. The Bertz CT molecular complexity index is 1200. The first-order valence-corrected chi connectivity index (χ1v) is 9.35. The van der Waals surface area contributed by atoms with E-state index in [2.05, 4.69) is 0 Å². The van der Waals surface area contributed by atoms with E-state index in [9.17, 15) is 34.8 Å². The number of primary amides is 1. The van der Waals surface area contributed by atoms with E-state index in [1.807, 2.05) is 0 Å². The molecule has 0 aromatic heterocycles. The van der Waals surface area contributed by atoms with Gasteiger partial charge in [0.2, 0.25) is 11.6 Å². The lowest BCUT2D eigenvalue weighted by atomic mass is 9.61. The maximum atomic E-state index is 13.4. The third-order valence-corrected chi connectivity index (χ3v) is 6.37. The van der Waals surface area contributed by atoms with E-state index in [0.29, 0.717) is 16.5 Å². The first-order valence-electron chi connectivity index (χ1n) is 9.35. The molecule has 2 aromatic carbocycles. The maximum Gasteiger partial charge on any atom is 0.251 e. The minimum atomic E-state index is -2.73. The molecule has 2 aliphatic rings. The van der Waals surface area contributed by atoms with Crippen LogP contribution in [-0.2, 0) is 16.0 Å². The highest BCUT2D eigenvalue weighted by atomic mass is 16.3. The Hall–Kier alpha value is -3.43. The van der Waals surface area contributed by atoms with Gasteiger partial charge in [0.15, 0.2) is 6.04 Å². The van der Waals surface area contributed by atoms with Crippen LogP contribution in [0.1, 0.15) is 21.5 Å². The molecule has 0 saturated carbocycles. The summed E-state index contributed by atoms with van der Waals surface area (Å²) < 4.78 is 0. The summed E-state index contributed by atoms with van der Waals surface area (Å²) in [6.07, 6.45) is -0.0684. The molecule has 1 amide bonds. The third kappa shape index (κ3) is 2.21. The number of nitrogens with two attached hydrogens (primary N) is 2. The summed E-state index contributed by atoms with van der Waals surface area (Å²) in [6.45, 7) is 1.69. The molecule has 0 fully saturated rings. The van der Waals surface area contributed by atoms with Crippen molar-refractivity contribution in [2.45, 2.75) is 25.0 Å². The molecule has 0 spiro atoms. The van der Waals surface area contributed by atoms with Gasteiger partial charge in [-0.15, -0.1) is 0 Å². The predicted octanol–water partition coefficient (Wildman–Crippen LogP) is -2.11. The monoisotopic (exact) mass is 412 g/mol. The summed E-state index contributed by atoms with van der Waals surface area (Å²) in [6, 6.07) is 3.50. The quantitative estimate of drug-likeness (QED) is 0.350. The van der Waals surface area contributed by atoms with Crippen LogP contribution in [0.2, 0.25) is 0 Å². The van der Waals surface area contributed by atoms with Crippen LogP contribution in [0.4, 0.5) is 0 Å². The number of aromatic hydroxyl groups is 2. The number of carbonyl (C=O) groups excluding carboxylic acids is 3. The van der Waals surface area contributed by atoms with Gasteiger partial charge < -0.3 is 31.5 Å². The van der Waals surface area contributed by atoms with Crippen molar-refractivity contribution >= 4 is 28.2 Å². The van der Waals surface area contributed by atoms with Gasteiger partial charge in [0, 0.05) is 0 Å². The number of aryl methyl sites for hydroxylation is 1. The molecule has 30 heavy (non-hydrogen) atoms. The molecule has 9 heteroatoms. The summed E-state index contributed by atoms with van der Waals surface area (Å²) in [5.41, 5.74) is 2.17. The number of fused-ring (bicyclic) bond motifs is 3. The molecule has 0 saturated heterocycles. The van der Waals surface area contributed by atoms with E-state index in [0.717, 1.165) is 0 Å². The van der Waals surface area contributed by atoms with Crippen LogP contribution in [-0.4, -0.2) is 51.5 Å². The lowest BCUT2D eigenvalue weighted by Crippen LogP contribution is -2.93. The molecule has 3 atom stereocenters. The number of phenolic OH excluding ortho intramolecular Hbond substituents is 2. The largest absolute Gasteiger partial charge is 0.873 e. The van der Waals surface area contributed by atoms with Crippen LogP contribution in [0.15, 0.2) is 29.5 Å². The van der Waals surface area contributed by atoms with Crippen LogP contribution >= 0.6 is 0 Å². The fourth-order valence-corrected chi connectivity index (χ4v) is 4.87. The molecule has 0 unspecified atom stereocenters. The summed E-state index contributed by atoms with van der Waals surface area (Å²) in [7, 11) is 1.53. The van der Waals surface area contributed by atoms with Gasteiger partial charge in [-0.2, -0.15) is 0 Å². The SMILES string of the molecule is C[NH2+][C@@H]1C(=O)C(C(N)=O)=C([O-])[C@@]2(O)C(=O)c3c(c(C)c4cccc(O)c4c3O)C[C@@H]12. The smallest absolute Gasteiger partial charge is 0.251 e. The number of benzene rings is 2. The van der Waals surface area contributed by atoms with E-state index in [4.69, 9.17) is 5.73 Å². The van der Waals surface area contributed by atoms with Crippen molar-refractivity contribution in [1.29, 1.82) is 0 Å². The zero-order chi connectivity index (χ0) is 22.1. The number of ketones is 2. The van der Waals surface area contributed by atoms with Crippen molar-refractivity contribution < 1.29 is 40.1 Å². The molecule has 9 nitrogen and oxygen atoms in total. The normalized spacial score (nSPS) is 26.0. The second-order valence-corrected chi connectivity index (χ2v) is 7.72. The number of quaternary nitrogens is 1. The summed E-state index contributed by atoms with van der Waals surface area (Å²) in [5.74, 6) is -6.62. The molecule has 0 heterocycles. The number of hydrogen-bond acceptors (Lipinski definition) is 7. The van der Waals surface area contributed by atoms with Gasteiger partial charge in [-0.05, 0) is 35.9 Å². The number of carbonyl (C=O) groups is 3. The average Bonchev–Trinajstić information content (AvgIpc) is 2.68. The topological polar surface area (TPSA) is 178 Å². The number of likely N-dealkylation sites (N-methyl/N-ethyl adjacent to an activating group) is 1. The summed E-state index contributed by atoms with van der Waals surface area (Å²) in [4.78, 5) is 38.0. The zero-order valence-corrected chi connectivity index (χ0v) is 16.2. The van der Waals surface area contributed by atoms with Crippen LogP contribution in [0, 0.1) is 12.8 Å². The highest BCUT2D eigenvalue weighted by Gasteiger charge is 2.59. The van der Waals surface area contributed by atoms with Crippen LogP contribution in [0.3, 0.4) is 0 Å². The molecular weight excluding hydrogens is 392 g/mol. The van der Waals surface area contributed by atoms with Gasteiger partial charge in [0.25, 0.3) is 5.91 Å². The van der Waals surface area contributed by atoms with Gasteiger partial charge in [-0.25, -0.2) is 0 Å². The van der Waals surface area contributed by atoms with E-state index < -0.39 is 52.1 Å². The van der Waals surface area contributed by atoms with Crippen molar-refractivity contribution in [1.82, 2.24) is 0 Å². The molecule has 0 radical (unpaired) electrons. The Morgan fingerprint density at radius 2 is 1.97 bits per heavy atom. The number of phenols is 2. The fourth-order valence-electron chi connectivity index (χ4n) is 4.87. The average molecular weight is 412 g/mol. The number of rotatable bonds is 2. The van der Waals surface area contributed by atoms with Crippen molar-refractivity contribution in [2.75, 3.05) is 7.05 Å². The number of amides is 1. The highest BCUT2D eigenvalue weighted by Crippen LogP contribution is 2.49. The van der Waals surface area contributed by atoms with E-state index in [-0.39, 0.29) is 23.1 Å². The van der Waals surface area contributed by atoms with Crippen molar-refractivity contribution in [3.63, 3.8) is 0 Å². The zero-order valence-electron chi connectivity index (χ0n) is 16.2. The highest BCUT2D eigenvalue weighted by molar-refractivity contribution is 6.24. The van der Waals surface area contributed by atoms with Gasteiger partial charge in [0.1, 0.15) is 17.1 Å². The van der Waals surface area contributed by atoms with E-state index in [1.165, 1.54) is 18.4 Å². The van der Waals surface area contributed by atoms with Gasteiger partial charge in [-0.3, -0.25) is 14.4 Å². The first-order chi connectivity index (χ1) is 14.1. The fraction of sp³-hybridized carbons (Fsp3) is 0.286. The van der Waals surface area contributed by atoms with Gasteiger partial charge >= 0.3 is 0 Å². The lowest BCUT2D eigenvalue weighted by molar-refractivity contribution is -0.659. The molecule has 2 aromatic rings. The van der Waals surface area contributed by atoms with Crippen LogP contribution in [0.5, 0.6) is 11.5 Å². The van der Waals surface area contributed by atoms with Crippen LogP contribution < -0.4 is 16.2 Å². The molecule has 7 N–H and O–H groups in total. The Labute approximate surface area is 170 Å². The Morgan fingerprint density at radius 1 is 1.30 bits per heavy atom. The number of Topliss-reactive ketones (excluding diaryl/α,β-unsaturated/α-hetero) is 2. The van der Waals surface area contributed by atoms with Gasteiger partial charge in [0.05, 0.1) is 29.5 Å². The third-order valence-electron chi connectivity index (χ3n) is 6.37. The molecule has 0 aliphatic heterocycles. The summed E-state index contributed by atoms with van der Waals surface area (Å²) in [5, 5.41) is 47.3. The van der Waals surface area contributed by atoms with Crippen molar-refractivity contribution in [2.24, 2.45) is 11.7 Å². The molecular formula is C21H20N2O7. The first kappa shape index (κ1) is 19.9. The van der Waals surface area contributed by atoms with Crippen molar-refractivity contribution in [3.8, 4) is 11.5 Å². The molecule has 156 valence electrons. The second kappa shape index (κ2) is 6.28. The van der Waals surface area contributed by atoms with Crippen LogP contribution in [0.25, 0.3) is 10.8 Å². The minimum Gasteiger partial charge on any atom is -0.873 e. The Morgan fingerprint density at radius 3 is 2.57 bits per heavy atom. The number of hydrogen-bond donors (Lipinski definition) is 5. The second-order valence-electron chi connectivity index (χ2n) is 7.72. The summed E-state index contributed by atoms with van der Waals surface area (Å²) >= 11 is 0.